The highest BCUT2D eigenvalue weighted by Gasteiger charge is 2.55. The van der Waals surface area contributed by atoms with Crippen LogP contribution in [0.4, 0.5) is 4.79 Å². The van der Waals surface area contributed by atoms with Crippen molar-refractivity contribution in [3.05, 3.63) is 0 Å². The fraction of sp³-hybridized carbons (Fsp3) is 0.833. The SMILES string of the molecule is CC1(C)OC(=O)N(N)[C@]1(C)O. The number of hydrogen-bond donors (Lipinski definition) is 2. The summed E-state index contributed by atoms with van der Waals surface area (Å²) in [5.41, 5.74) is -2.40. The van der Waals surface area contributed by atoms with Crippen LogP contribution in [-0.4, -0.2) is 27.5 Å². The summed E-state index contributed by atoms with van der Waals surface area (Å²) in [5, 5.41) is 10.3. The molecular weight excluding hydrogens is 148 g/mol. The van der Waals surface area contributed by atoms with Crippen LogP contribution in [0, 0.1) is 0 Å². The molecule has 0 saturated carbocycles. The molecule has 0 bridgehead atoms. The second-order valence-corrected chi connectivity index (χ2v) is 3.27. The van der Waals surface area contributed by atoms with Crippen molar-refractivity contribution in [2.75, 3.05) is 0 Å². The highest BCUT2D eigenvalue weighted by Crippen LogP contribution is 2.34. The lowest BCUT2D eigenvalue weighted by atomic mass is 9.97. The van der Waals surface area contributed by atoms with Crippen LogP contribution in [0.1, 0.15) is 20.8 Å². The van der Waals surface area contributed by atoms with Crippen molar-refractivity contribution >= 4 is 6.09 Å². The maximum Gasteiger partial charge on any atom is 0.427 e. The minimum atomic E-state index is -1.44. The average Bonchev–Trinajstić information content (AvgIpc) is 1.93. The van der Waals surface area contributed by atoms with Crippen LogP contribution in [0.2, 0.25) is 0 Å². The molecular formula is C6H12N2O3. The van der Waals surface area contributed by atoms with Gasteiger partial charge in [0, 0.05) is 0 Å². The molecule has 0 aliphatic carbocycles. The number of ether oxygens (including phenoxy) is 1. The Hall–Kier alpha value is -0.810. The van der Waals surface area contributed by atoms with E-state index >= 15 is 0 Å². The van der Waals surface area contributed by atoms with Gasteiger partial charge in [0.25, 0.3) is 0 Å². The zero-order chi connectivity index (χ0) is 8.86. The molecule has 11 heavy (non-hydrogen) atoms. The van der Waals surface area contributed by atoms with Gasteiger partial charge in [0.1, 0.15) is 0 Å². The maximum atomic E-state index is 10.8. The van der Waals surface area contributed by atoms with Gasteiger partial charge in [-0.15, -0.1) is 0 Å². The Morgan fingerprint density at radius 1 is 1.55 bits per heavy atom. The summed E-state index contributed by atoms with van der Waals surface area (Å²) >= 11 is 0. The van der Waals surface area contributed by atoms with Crippen LogP contribution in [0.15, 0.2) is 0 Å². The minimum absolute atomic E-state index is 0.688. The first-order valence-electron chi connectivity index (χ1n) is 3.29. The molecule has 5 heteroatoms. The Balaban J connectivity index is 3.01. The third kappa shape index (κ3) is 0.883. The number of amides is 1. The monoisotopic (exact) mass is 160 g/mol. The molecule has 0 aromatic carbocycles. The molecule has 64 valence electrons. The molecule has 3 N–H and O–H groups in total. The van der Waals surface area contributed by atoms with Crippen molar-refractivity contribution in [2.45, 2.75) is 32.1 Å². The maximum absolute atomic E-state index is 10.8. The summed E-state index contributed by atoms with van der Waals surface area (Å²) in [5.74, 6) is 5.24. The van der Waals surface area contributed by atoms with Gasteiger partial charge in [0.2, 0.25) is 0 Å². The van der Waals surface area contributed by atoms with Gasteiger partial charge < -0.3 is 9.84 Å². The molecule has 0 aromatic rings. The van der Waals surface area contributed by atoms with E-state index in [-0.39, 0.29) is 0 Å². The van der Waals surface area contributed by atoms with Crippen molar-refractivity contribution in [3.8, 4) is 0 Å². The van der Waals surface area contributed by atoms with Gasteiger partial charge in [-0.1, -0.05) is 0 Å². The highest BCUT2D eigenvalue weighted by atomic mass is 16.6. The molecule has 1 aliphatic heterocycles. The summed E-state index contributed by atoms with van der Waals surface area (Å²) in [6.45, 7) is 4.62. The summed E-state index contributed by atoms with van der Waals surface area (Å²) in [6, 6.07) is 0. The largest absolute Gasteiger partial charge is 0.437 e. The fourth-order valence-electron chi connectivity index (χ4n) is 0.832. The van der Waals surface area contributed by atoms with E-state index in [2.05, 4.69) is 0 Å². The second-order valence-electron chi connectivity index (χ2n) is 3.27. The quantitative estimate of drug-likeness (QED) is 0.380. The predicted molar refractivity (Wildman–Crippen MR) is 37.2 cm³/mol. The summed E-state index contributed by atoms with van der Waals surface area (Å²) in [4.78, 5) is 10.8. The molecule has 0 radical (unpaired) electrons. The van der Waals surface area contributed by atoms with E-state index in [4.69, 9.17) is 10.6 Å². The fourth-order valence-corrected chi connectivity index (χ4v) is 0.832. The van der Waals surface area contributed by atoms with Gasteiger partial charge >= 0.3 is 6.09 Å². The first kappa shape index (κ1) is 8.29. The lowest BCUT2D eigenvalue weighted by Gasteiger charge is -2.31. The standard InChI is InChI=1S/C6H12N2O3/c1-5(2)6(3,10)8(7)4(9)11-5/h10H,7H2,1-3H3/t6-/m1/s1. The number of aliphatic hydroxyl groups is 1. The van der Waals surface area contributed by atoms with E-state index in [1.807, 2.05) is 0 Å². The van der Waals surface area contributed by atoms with Gasteiger partial charge in [-0.25, -0.2) is 15.6 Å². The number of hydrazine groups is 1. The van der Waals surface area contributed by atoms with E-state index in [0.29, 0.717) is 5.01 Å². The first-order chi connectivity index (χ1) is 4.79. The topological polar surface area (TPSA) is 75.8 Å². The number of nitrogens with zero attached hydrogens (tertiary/aromatic N) is 1. The van der Waals surface area contributed by atoms with Gasteiger partial charge in [-0.05, 0) is 20.8 Å². The van der Waals surface area contributed by atoms with Crippen LogP contribution in [-0.2, 0) is 4.74 Å². The number of nitrogens with two attached hydrogens (primary N) is 1. The number of carbonyl (C=O) groups excluding carboxylic acids is 1. The zero-order valence-corrected chi connectivity index (χ0v) is 6.79. The van der Waals surface area contributed by atoms with E-state index in [0.717, 1.165) is 0 Å². The summed E-state index contributed by atoms with van der Waals surface area (Å²) in [6.07, 6.45) is -0.708. The lowest BCUT2D eigenvalue weighted by molar-refractivity contribution is -0.127. The van der Waals surface area contributed by atoms with Crippen molar-refractivity contribution in [1.82, 2.24) is 5.01 Å². The van der Waals surface area contributed by atoms with Crippen LogP contribution < -0.4 is 5.84 Å². The molecule has 0 spiro atoms. The Bertz CT molecular complexity index is 200. The van der Waals surface area contributed by atoms with Crippen LogP contribution in [0.3, 0.4) is 0 Å². The molecule has 1 fully saturated rings. The third-order valence-electron chi connectivity index (χ3n) is 2.15. The van der Waals surface area contributed by atoms with Crippen LogP contribution in [0.5, 0.6) is 0 Å². The Kier molecular flexibility index (Phi) is 1.40. The van der Waals surface area contributed by atoms with E-state index in [1.165, 1.54) is 6.92 Å². The van der Waals surface area contributed by atoms with Gasteiger partial charge in [0.05, 0.1) is 0 Å². The molecule has 1 aliphatic rings. The number of cyclic esters (lactones) is 1. The lowest BCUT2D eigenvalue weighted by Crippen LogP contribution is -2.56. The van der Waals surface area contributed by atoms with Gasteiger partial charge in [-0.3, -0.25) is 0 Å². The molecule has 1 amide bonds. The molecule has 1 heterocycles. The van der Waals surface area contributed by atoms with E-state index in [1.54, 1.807) is 13.8 Å². The highest BCUT2D eigenvalue weighted by molar-refractivity contribution is 5.71. The molecule has 1 saturated heterocycles. The first-order valence-corrected chi connectivity index (χ1v) is 3.29. The molecule has 0 unspecified atom stereocenters. The van der Waals surface area contributed by atoms with Crippen molar-refractivity contribution in [2.24, 2.45) is 5.84 Å². The van der Waals surface area contributed by atoms with Gasteiger partial charge in [-0.2, -0.15) is 0 Å². The smallest absolute Gasteiger partial charge is 0.427 e. The molecule has 0 aromatic heterocycles. The normalized spacial score (nSPS) is 35.7. The van der Waals surface area contributed by atoms with Crippen LogP contribution in [0.25, 0.3) is 0 Å². The zero-order valence-electron chi connectivity index (χ0n) is 6.79. The van der Waals surface area contributed by atoms with E-state index < -0.39 is 17.4 Å². The van der Waals surface area contributed by atoms with Crippen molar-refractivity contribution in [1.29, 1.82) is 0 Å². The summed E-state index contributed by atoms with van der Waals surface area (Å²) in [7, 11) is 0. The second kappa shape index (κ2) is 1.86. The van der Waals surface area contributed by atoms with Crippen LogP contribution >= 0.6 is 0 Å². The van der Waals surface area contributed by atoms with E-state index in [9.17, 15) is 9.90 Å². The Labute approximate surface area is 64.7 Å². The summed E-state index contributed by atoms with van der Waals surface area (Å²) < 4.78 is 4.79. The third-order valence-corrected chi connectivity index (χ3v) is 2.15. The molecule has 5 nitrogen and oxygen atoms in total. The number of carbonyl (C=O) groups is 1. The predicted octanol–water partition coefficient (Wildman–Crippen LogP) is -0.201. The number of rotatable bonds is 0. The van der Waals surface area contributed by atoms with Gasteiger partial charge in [0.15, 0.2) is 11.3 Å². The molecule has 1 atom stereocenters. The molecule has 1 rings (SSSR count). The Morgan fingerprint density at radius 2 is 2.00 bits per heavy atom. The minimum Gasteiger partial charge on any atom is -0.437 e. The number of hydrogen-bond acceptors (Lipinski definition) is 4. The van der Waals surface area contributed by atoms with Crippen molar-refractivity contribution in [3.63, 3.8) is 0 Å². The van der Waals surface area contributed by atoms with Crippen molar-refractivity contribution < 1.29 is 14.6 Å². The Morgan fingerprint density at radius 3 is 2.09 bits per heavy atom. The average molecular weight is 160 g/mol.